The van der Waals surface area contributed by atoms with Gasteiger partial charge >= 0.3 is 0 Å². The van der Waals surface area contributed by atoms with E-state index in [0.29, 0.717) is 5.41 Å². The van der Waals surface area contributed by atoms with Crippen LogP contribution >= 0.6 is 15.9 Å². The normalized spacial score (nSPS) is 34.9. The van der Waals surface area contributed by atoms with E-state index >= 15 is 0 Å². The van der Waals surface area contributed by atoms with Gasteiger partial charge in [0.1, 0.15) is 0 Å². The van der Waals surface area contributed by atoms with Gasteiger partial charge in [0, 0.05) is 17.4 Å². The highest BCUT2D eigenvalue weighted by Crippen LogP contribution is 2.41. The summed E-state index contributed by atoms with van der Waals surface area (Å²) in [5.41, 5.74) is 0.479. The molecular weight excluding hydrogens is 240 g/mol. The van der Waals surface area contributed by atoms with Gasteiger partial charge in [-0.3, -0.25) is 0 Å². The molecule has 0 aromatic rings. The zero-order valence-electron chi connectivity index (χ0n) is 8.93. The van der Waals surface area contributed by atoms with Crippen LogP contribution in [-0.2, 0) is 4.74 Å². The molecule has 0 aromatic carbocycles. The minimum Gasteiger partial charge on any atom is -0.381 e. The van der Waals surface area contributed by atoms with E-state index in [0.717, 1.165) is 24.5 Å². The standard InChI is InChI=1S/C12H21BrO/c13-9-12(6-3-7-14-10-12)8-11-4-1-2-5-11/h11H,1-10H2. The molecule has 14 heavy (non-hydrogen) atoms. The van der Waals surface area contributed by atoms with Crippen LogP contribution in [0.5, 0.6) is 0 Å². The molecule has 1 aliphatic heterocycles. The van der Waals surface area contributed by atoms with Crippen molar-refractivity contribution in [1.29, 1.82) is 0 Å². The van der Waals surface area contributed by atoms with E-state index in [-0.39, 0.29) is 0 Å². The fraction of sp³-hybridized carbons (Fsp3) is 1.00. The summed E-state index contributed by atoms with van der Waals surface area (Å²) in [7, 11) is 0. The van der Waals surface area contributed by atoms with Gasteiger partial charge in [0.15, 0.2) is 0 Å². The average Bonchev–Trinajstić information content (AvgIpc) is 2.72. The number of alkyl halides is 1. The van der Waals surface area contributed by atoms with Crippen molar-refractivity contribution in [1.82, 2.24) is 0 Å². The maximum Gasteiger partial charge on any atom is 0.0530 e. The Morgan fingerprint density at radius 2 is 2.00 bits per heavy atom. The summed E-state index contributed by atoms with van der Waals surface area (Å²) >= 11 is 3.70. The third-order valence-electron chi connectivity index (χ3n) is 3.88. The third-order valence-corrected chi connectivity index (χ3v) is 5.07. The van der Waals surface area contributed by atoms with E-state index < -0.39 is 0 Å². The maximum atomic E-state index is 5.66. The molecule has 0 spiro atoms. The molecule has 1 aliphatic carbocycles. The highest BCUT2D eigenvalue weighted by Gasteiger charge is 2.35. The van der Waals surface area contributed by atoms with Gasteiger partial charge in [-0.1, -0.05) is 41.6 Å². The van der Waals surface area contributed by atoms with E-state index in [1.54, 1.807) is 0 Å². The predicted molar refractivity (Wildman–Crippen MR) is 62.9 cm³/mol. The molecule has 82 valence electrons. The van der Waals surface area contributed by atoms with Crippen molar-refractivity contribution in [2.75, 3.05) is 18.5 Å². The first-order chi connectivity index (χ1) is 6.85. The molecule has 0 N–H and O–H groups in total. The first-order valence-electron chi connectivity index (χ1n) is 5.98. The second-order valence-corrected chi connectivity index (χ2v) is 5.71. The van der Waals surface area contributed by atoms with E-state index in [1.165, 1.54) is 44.9 Å². The highest BCUT2D eigenvalue weighted by molar-refractivity contribution is 9.09. The Bertz CT molecular complexity index is 169. The van der Waals surface area contributed by atoms with Crippen LogP contribution in [-0.4, -0.2) is 18.5 Å². The van der Waals surface area contributed by atoms with E-state index in [2.05, 4.69) is 15.9 Å². The van der Waals surface area contributed by atoms with Crippen molar-refractivity contribution in [3.05, 3.63) is 0 Å². The van der Waals surface area contributed by atoms with Gasteiger partial charge in [-0.05, 0) is 25.2 Å². The van der Waals surface area contributed by atoms with Crippen LogP contribution in [0.1, 0.15) is 44.9 Å². The summed E-state index contributed by atoms with van der Waals surface area (Å²) in [6, 6.07) is 0. The Hall–Kier alpha value is 0.440. The summed E-state index contributed by atoms with van der Waals surface area (Å²) in [5, 5.41) is 1.14. The van der Waals surface area contributed by atoms with Gasteiger partial charge in [-0.15, -0.1) is 0 Å². The Labute approximate surface area is 95.7 Å². The van der Waals surface area contributed by atoms with Gasteiger partial charge < -0.3 is 4.74 Å². The minimum atomic E-state index is 0.479. The molecule has 2 aliphatic rings. The van der Waals surface area contributed by atoms with Gasteiger partial charge in [0.2, 0.25) is 0 Å². The molecule has 1 saturated carbocycles. The van der Waals surface area contributed by atoms with E-state index in [4.69, 9.17) is 4.74 Å². The SMILES string of the molecule is BrCC1(CC2CCCC2)CCCOC1. The summed E-state index contributed by atoms with van der Waals surface area (Å²) in [6.45, 7) is 1.98. The van der Waals surface area contributed by atoms with Crippen LogP contribution < -0.4 is 0 Å². The first-order valence-corrected chi connectivity index (χ1v) is 7.11. The molecule has 0 bridgehead atoms. The minimum absolute atomic E-state index is 0.479. The first kappa shape index (κ1) is 10.9. The molecule has 2 heteroatoms. The van der Waals surface area contributed by atoms with Gasteiger partial charge in [0.05, 0.1) is 6.61 Å². The smallest absolute Gasteiger partial charge is 0.0530 e. The number of halogens is 1. The Kier molecular flexibility index (Phi) is 3.89. The van der Waals surface area contributed by atoms with Crippen LogP contribution in [0.15, 0.2) is 0 Å². The molecule has 0 aromatic heterocycles. The largest absolute Gasteiger partial charge is 0.381 e. The van der Waals surface area contributed by atoms with Crippen LogP contribution in [0.2, 0.25) is 0 Å². The summed E-state index contributed by atoms with van der Waals surface area (Å²) in [4.78, 5) is 0. The molecule has 0 amide bonds. The van der Waals surface area contributed by atoms with Crippen LogP contribution in [0.4, 0.5) is 0 Å². The fourth-order valence-corrected chi connectivity index (χ4v) is 3.73. The quantitative estimate of drug-likeness (QED) is 0.703. The van der Waals surface area contributed by atoms with Crippen LogP contribution in [0.3, 0.4) is 0 Å². The van der Waals surface area contributed by atoms with Gasteiger partial charge in [0.25, 0.3) is 0 Å². The topological polar surface area (TPSA) is 9.23 Å². The lowest BCUT2D eigenvalue weighted by Crippen LogP contribution is -2.35. The maximum absolute atomic E-state index is 5.66. The average molecular weight is 261 g/mol. The van der Waals surface area contributed by atoms with E-state index in [1.807, 2.05) is 0 Å². The number of rotatable bonds is 3. The van der Waals surface area contributed by atoms with Crippen molar-refractivity contribution in [2.24, 2.45) is 11.3 Å². The molecule has 1 heterocycles. The summed E-state index contributed by atoms with van der Waals surface area (Å²) in [6.07, 6.45) is 9.89. The third kappa shape index (κ3) is 2.52. The van der Waals surface area contributed by atoms with Crippen molar-refractivity contribution in [2.45, 2.75) is 44.9 Å². The molecule has 0 radical (unpaired) electrons. The molecular formula is C12H21BrO. The molecule has 1 saturated heterocycles. The zero-order valence-corrected chi connectivity index (χ0v) is 10.5. The van der Waals surface area contributed by atoms with Crippen LogP contribution in [0.25, 0.3) is 0 Å². The lowest BCUT2D eigenvalue weighted by molar-refractivity contribution is -0.00654. The number of hydrogen-bond acceptors (Lipinski definition) is 1. The molecule has 1 nitrogen and oxygen atoms in total. The van der Waals surface area contributed by atoms with Crippen molar-refractivity contribution >= 4 is 15.9 Å². The predicted octanol–water partition coefficient (Wildman–Crippen LogP) is 3.76. The van der Waals surface area contributed by atoms with Crippen molar-refractivity contribution in [3.63, 3.8) is 0 Å². The van der Waals surface area contributed by atoms with E-state index in [9.17, 15) is 0 Å². The molecule has 2 rings (SSSR count). The highest BCUT2D eigenvalue weighted by atomic mass is 79.9. The number of hydrogen-bond donors (Lipinski definition) is 0. The second kappa shape index (κ2) is 4.98. The van der Waals surface area contributed by atoms with Crippen molar-refractivity contribution < 1.29 is 4.74 Å². The van der Waals surface area contributed by atoms with Gasteiger partial charge in [-0.25, -0.2) is 0 Å². The van der Waals surface area contributed by atoms with Gasteiger partial charge in [-0.2, -0.15) is 0 Å². The Morgan fingerprint density at radius 3 is 2.57 bits per heavy atom. The monoisotopic (exact) mass is 260 g/mol. The molecule has 1 unspecified atom stereocenters. The fourth-order valence-electron chi connectivity index (χ4n) is 3.06. The molecule has 2 fully saturated rings. The second-order valence-electron chi connectivity index (χ2n) is 5.14. The van der Waals surface area contributed by atoms with Crippen molar-refractivity contribution in [3.8, 4) is 0 Å². The zero-order chi connectivity index (χ0) is 9.86. The lowest BCUT2D eigenvalue weighted by atomic mass is 9.76. The Morgan fingerprint density at radius 1 is 1.21 bits per heavy atom. The Balaban J connectivity index is 1.89. The van der Waals surface area contributed by atoms with Crippen LogP contribution in [0, 0.1) is 11.3 Å². The lowest BCUT2D eigenvalue weighted by Gasteiger charge is -2.37. The summed E-state index contributed by atoms with van der Waals surface area (Å²) in [5.74, 6) is 0.995. The molecule has 1 atom stereocenters. The number of ether oxygens (including phenoxy) is 1. The summed E-state index contributed by atoms with van der Waals surface area (Å²) < 4.78 is 5.66.